The molecule has 4 rings (SSSR count). The number of aromatic nitrogens is 2. The molecule has 2 aromatic carbocycles. The molecular weight excluding hydrogens is 336 g/mol. The second-order valence-electron chi connectivity index (χ2n) is 5.63. The summed E-state index contributed by atoms with van der Waals surface area (Å²) < 4.78 is 17.4. The van der Waals surface area contributed by atoms with Gasteiger partial charge in [-0.15, -0.1) is 0 Å². The maximum absolute atomic E-state index is 6.02. The van der Waals surface area contributed by atoms with Gasteiger partial charge < -0.3 is 19.2 Å². The minimum absolute atomic E-state index is 0.517. The van der Waals surface area contributed by atoms with Gasteiger partial charge in [0.05, 0.1) is 25.3 Å². The number of ether oxygens (including phenoxy) is 3. The van der Waals surface area contributed by atoms with E-state index in [-0.39, 0.29) is 0 Å². The number of hydrogen-bond donors (Lipinski definition) is 1. The summed E-state index contributed by atoms with van der Waals surface area (Å²) in [5, 5.41) is 0. The molecule has 0 atom stereocenters. The van der Waals surface area contributed by atoms with Crippen LogP contribution in [0.5, 0.6) is 23.1 Å². The summed E-state index contributed by atoms with van der Waals surface area (Å²) in [7, 11) is 3.20. The van der Waals surface area contributed by atoms with Crippen molar-refractivity contribution in [2.24, 2.45) is 0 Å². The maximum Gasteiger partial charge on any atom is 0.205 e. The van der Waals surface area contributed by atoms with Crippen LogP contribution in [0.4, 0.5) is 0 Å². The van der Waals surface area contributed by atoms with Crippen LogP contribution in [0.3, 0.4) is 0 Å². The fourth-order valence-electron chi connectivity index (χ4n) is 2.97. The Morgan fingerprint density at radius 3 is 2.72 bits per heavy atom. The smallest absolute Gasteiger partial charge is 0.205 e. The number of H-pyrrole nitrogens is 1. The van der Waals surface area contributed by atoms with Crippen molar-refractivity contribution in [3.8, 4) is 34.5 Å². The highest BCUT2D eigenvalue weighted by Gasteiger charge is 2.21. The summed E-state index contributed by atoms with van der Waals surface area (Å²) in [5.74, 6) is 3.26. The molecule has 1 aromatic heterocycles. The molecule has 6 heteroatoms. The monoisotopic (exact) mass is 352 g/mol. The van der Waals surface area contributed by atoms with Gasteiger partial charge in [-0.05, 0) is 23.8 Å². The molecule has 2 heterocycles. The van der Waals surface area contributed by atoms with Crippen molar-refractivity contribution < 1.29 is 14.2 Å². The predicted octanol–water partition coefficient (Wildman–Crippen LogP) is 4.52. The number of rotatable bonds is 3. The van der Waals surface area contributed by atoms with Gasteiger partial charge in [0.15, 0.2) is 11.5 Å². The number of para-hydroxylation sites is 2. The molecule has 0 saturated carbocycles. The van der Waals surface area contributed by atoms with Crippen molar-refractivity contribution in [1.29, 1.82) is 0 Å². The van der Waals surface area contributed by atoms with E-state index in [1.165, 1.54) is 0 Å². The van der Waals surface area contributed by atoms with Crippen LogP contribution in [0, 0.1) is 4.64 Å². The summed E-state index contributed by atoms with van der Waals surface area (Å²) in [6.45, 7) is 0. The van der Waals surface area contributed by atoms with Crippen LogP contribution in [-0.2, 0) is 6.42 Å². The second kappa shape index (κ2) is 6.22. The first-order valence-corrected chi connectivity index (χ1v) is 8.22. The Morgan fingerprint density at radius 1 is 1.08 bits per heavy atom. The van der Waals surface area contributed by atoms with Gasteiger partial charge in [-0.25, -0.2) is 4.98 Å². The molecule has 0 bridgehead atoms. The first kappa shape index (κ1) is 15.7. The zero-order valence-electron chi connectivity index (χ0n) is 13.8. The maximum atomic E-state index is 6.02. The van der Waals surface area contributed by atoms with Crippen LogP contribution in [0.2, 0.25) is 0 Å². The Hall–Kier alpha value is -2.86. The molecule has 5 nitrogen and oxygen atoms in total. The van der Waals surface area contributed by atoms with E-state index in [0.717, 1.165) is 22.4 Å². The van der Waals surface area contributed by atoms with Gasteiger partial charge in [0.1, 0.15) is 16.2 Å². The standard InChI is InChI=1S/C19H16N2O3S/c1-22-15-9-5-7-12(16(15)23-2)17-20-18-13(19(25)21-17)10-11-6-3-4-8-14(11)24-18/h3-9H,10H2,1-2H3,(H,20,21,25). The van der Waals surface area contributed by atoms with Gasteiger partial charge in [-0.2, -0.15) is 0 Å². The number of nitrogens with one attached hydrogen (secondary N) is 1. The highest BCUT2D eigenvalue weighted by Crippen LogP contribution is 2.40. The molecule has 1 N–H and O–H groups in total. The Bertz CT molecular complexity index is 1010. The topological polar surface area (TPSA) is 56.4 Å². The largest absolute Gasteiger partial charge is 0.493 e. The lowest BCUT2D eigenvalue weighted by atomic mass is 10.0. The van der Waals surface area contributed by atoms with Gasteiger partial charge in [0.25, 0.3) is 0 Å². The fraction of sp³-hybridized carbons (Fsp3) is 0.158. The summed E-state index contributed by atoms with van der Waals surface area (Å²) in [5.41, 5.74) is 2.75. The third-order valence-corrected chi connectivity index (χ3v) is 4.53. The molecule has 0 unspecified atom stereocenters. The van der Waals surface area contributed by atoms with Crippen molar-refractivity contribution in [3.63, 3.8) is 0 Å². The Labute approximate surface area is 150 Å². The van der Waals surface area contributed by atoms with Crippen molar-refractivity contribution in [1.82, 2.24) is 9.97 Å². The normalized spacial score (nSPS) is 11.9. The molecule has 25 heavy (non-hydrogen) atoms. The average molecular weight is 352 g/mol. The highest BCUT2D eigenvalue weighted by atomic mass is 32.1. The van der Waals surface area contributed by atoms with E-state index in [4.69, 9.17) is 26.4 Å². The number of benzene rings is 2. The van der Waals surface area contributed by atoms with E-state index in [2.05, 4.69) is 9.97 Å². The first-order chi connectivity index (χ1) is 12.2. The summed E-state index contributed by atoms with van der Waals surface area (Å²) >= 11 is 5.51. The fourth-order valence-corrected chi connectivity index (χ4v) is 3.23. The summed E-state index contributed by atoms with van der Waals surface area (Å²) in [6.07, 6.45) is 0.698. The van der Waals surface area contributed by atoms with Crippen LogP contribution >= 0.6 is 12.2 Å². The van der Waals surface area contributed by atoms with E-state index in [1.54, 1.807) is 14.2 Å². The average Bonchev–Trinajstić information content (AvgIpc) is 2.65. The van der Waals surface area contributed by atoms with E-state index in [9.17, 15) is 0 Å². The van der Waals surface area contributed by atoms with E-state index < -0.39 is 0 Å². The SMILES string of the molecule is COc1cccc(-c2nc(=S)c3c([nH]2)Oc2ccccc2C3)c1OC. The van der Waals surface area contributed by atoms with Crippen LogP contribution in [0.15, 0.2) is 42.5 Å². The van der Waals surface area contributed by atoms with Crippen LogP contribution < -0.4 is 14.2 Å². The summed E-state index contributed by atoms with van der Waals surface area (Å²) in [6, 6.07) is 13.5. The number of hydrogen-bond acceptors (Lipinski definition) is 5. The third-order valence-electron chi connectivity index (χ3n) is 4.19. The van der Waals surface area contributed by atoms with E-state index in [1.807, 2.05) is 42.5 Å². The lowest BCUT2D eigenvalue weighted by Gasteiger charge is -2.20. The molecule has 0 spiro atoms. The molecule has 0 radical (unpaired) electrons. The quantitative estimate of drug-likeness (QED) is 0.549. The van der Waals surface area contributed by atoms with E-state index in [0.29, 0.717) is 34.3 Å². The number of nitrogens with zero attached hydrogens (tertiary/aromatic N) is 1. The zero-order chi connectivity index (χ0) is 17.4. The van der Waals surface area contributed by atoms with Crippen molar-refractivity contribution in [3.05, 3.63) is 58.2 Å². The molecule has 0 aliphatic carbocycles. The molecule has 1 aliphatic rings. The molecular formula is C19H16N2O3S. The predicted molar refractivity (Wildman–Crippen MR) is 97.3 cm³/mol. The van der Waals surface area contributed by atoms with E-state index >= 15 is 0 Å². The molecule has 0 saturated heterocycles. The number of fused-ring (bicyclic) bond motifs is 2. The summed E-state index contributed by atoms with van der Waals surface area (Å²) in [4.78, 5) is 7.81. The molecule has 3 aromatic rings. The number of methoxy groups -OCH3 is 2. The van der Waals surface area contributed by atoms with Gasteiger partial charge >= 0.3 is 0 Å². The second-order valence-corrected chi connectivity index (χ2v) is 6.01. The lowest BCUT2D eigenvalue weighted by Crippen LogP contribution is -2.08. The first-order valence-electron chi connectivity index (χ1n) is 7.81. The molecule has 0 fully saturated rings. The number of aromatic amines is 1. The minimum atomic E-state index is 0.517. The van der Waals surface area contributed by atoms with Crippen molar-refractivity contribution in [2.75, 3.05) is 14.2 Å². The molecule has 1 aliphatic heterocycles. The highest BCUT2D eigenvalue weighted by molar-refractivity contribution is 7.71. The van der Waals surface area contributed by atoms with Crippen molar-refractivity contribution in [2.45, 2.75) is 6.42 Å². The van der Waals surface area contributed by atoms with Crippen LogP contribution in [0.1, 0.15) is 11.1 Å². The minimum Gasteiger partial charge on any atom is -0.493 e. The van der Waals surface area contributed by atoms with Crippen LogP contribution in [-0.4, -0.2) is 24.2 Å². The Balaban J connectivity index is 1.86. The third kappa shape index (κ3) is 2.64. The Kier molecular flexibility index (Phi) is 3.89. The van der Waals surface area contributed by atoms with Gasteiger partial charge in [0, 0.05) is 6.42 Å². The van der Waals surface area contributed by atoms with Crippen LogP contribution in [0.25, 0.3) is 11.4 Å². The van der Waals surface area contributed by atoms with Crippen molar-refractivity contribution >= 4 is 12.2 Å². The lowest BCUT2D eigenvalue weighted by molar-refractivity contribution is 0.356. The van der Waals surface area contributed by atoms with Gasteiger partial charge in [0.2, 0.25) is 5.88 Å². The molecule has 0 amide bonds. The Morgan fingerprint density at radius 2 is 1.92 bits per heavy atom. The van der Waals surface area contributed by atoms with Gasteiger partial charge in [-0.3, -0.25) is 0 Å². The molecule has 126 valence electrons. The van der Waals surface area contributed by atoms with Gasteiger partial charge in [-0.1, -0.05) is 36.5 Å². The zero-order valence-corrected chi connectivity index (χ0v) is 14.6.